The maximum atomic E-state index is 10.5. The third-order valence-electron chi connectivity index (χ3n) is 6.23. The van der Waals surface area contributed by atoms with Gasteiger partial charge in [-0.15, -0.1) is 0 Å². The maximum absolute atomic E-state index is 10.5. The molecule has 2 aromatic rings. The first-order valence-electron chi connectivity index (χ1n) is 10.1. The van der Waals surface area contributed by atoms with E-state index in [1.54, 1.807) is 13.2 Å². The number of aromatic nitrogens is 2. The molecule has 1 N–H and O–H groups in total. The van der Waals surface area contributed by atoms with E-state index in [-0.39, 0.29) is 22.7 Å². The number of aromatic hydroxyl groups is 1. The molecule has 3 heterocycles. The highest BCUT2D eigenvalue weighted by Crippen LogP contribution is 2.55. The predicted octanol–water partition coefficient (Wildman–Crippen LogP) is 3.71. The zero-order valence-corrected chi connectivity index (χ0v) is 17.3. The Hall–Kier alpha value is -2.05. The molecule has 0 saturated carbocycles. The van der Waals surface area contributed by atoms with Gasteiger partial charge >= 0.3 is 0 Å². The fourth-order valence-corrected chi connectivity index (χ4v) is 4.70. The maximum Gasteiger partial charge on any atom is 0.162 e. The molecule has 0 bridgehead atoms. The van der Waals surface area contributed by atoms with Crippen LogP contribution in [0.1, 0.15) is 50.8 Å². The Balaban J connectivity index is 1.63. The van der Waals surface area contributed by atoms with Crippen LogP contribution >= 0.6 is 0 Å². The zero-order chi connectivity index (χ0) is 19.9. The number of hydrogen-bond donors (Lipinski definition) is 1. The third kappa shape index (κ3) is 3.29. The Morgan fingerprint density at radius 2 is 2.04 bits per heavy atom. The highest BCUT2D eigenvalue weighted by molar-refractivity contribution is 5.45. The summed E-state index contributed by atoms with van der Waals surface area (Å²) in [4.78, 5) is 2.45. The lowest BCUT2D eigenvalue weighted by Gasteiger charge is -2.59. The summed E-state index contributed by atoms with van der Waals surface area (Å²) in [5, 5.41) is 15.2. The molecule has 1 atom stereocenters. The molecule has 4 rings (SSSR count). The molecule has 152 valence electrons. The van der Waals surface area contributed by atoms with Crippen LogP contribution in [0.2, 0.25) is 0 Å². The molecular formula is C22H31N3O3. The van der Waals surface area contributed by atoms with Crippen LogP contribution in [0, 0.1) is 5.41 Å². The molecule has 1 aromatic heterocycles. The monoisotopic (exact) mass is 385 g/mol. The summed E-state index contributed by atoms with van der Waals surface area (Å²) in [7, 11) is 1.59. The molecule has 0 radical (unpaired) electrons. The van der Waals surface area contributed by atoms with Crippen molar-refractivity contribution < 1.29 is 14.6 Å². The van der Waals surface area contributed by atoms with Gasteiger partial charge in [0.1, 0.15) is 0 Å². The zero-order valence-electron chi connectivity index (χ0n) is 17.3. The second-order valence-electron chi connectivity index (χ2n) is 9.14. The lowest BCUT2D eigenvalue weighted by atomic mass is 9.64. The first-order chi connectivity index (χ1) is 13.3. The Morgan fingerprint density at radius 3 is 2.68 bits per heavy atom. The van der Waals surface area contributed by atoms with Crippen molar-refractivity contribution in [3.63, 3.8) is 0 Å². The van der Waals surface area contributed by atoms with E-state index in [0.29, 0.717) is 12.3 Å². The molecule has 6 heteroatoms. The van der Waals surface area contributed by atoms with Crippen molar-refractivity contribution in [3.8, 4) is 11.5 Å². The van der Waals surface area contributed by atoms with E-state index in [9.17, 15) is 5.11 Å². The molecule has 0 aliphatic carbocycles. The van der Waals surface area contributed by atoms with Gasteiger partial charge in [0.05, 0.1) is 18.8 Å². The first-order valence-corrected chi connectivity index (χ1v) is 10.1. The number of benzene rings is 1. The summed E-state index contributed by atoms with van der Waals surface area (Å²) in [6.45, 7) is 9.85. The van der Waals surface area contributed by atoms with Crippen molar-refractivity contribution in [2.24, 2.45) is 5.41 Å². The minimum atomic E-state index is -0.0409. The summed E-state index contributed by atoms with van der Waals surface area (Å²) in [5.41, 5.74) is 2.35. The van der Waals surface area contributed by atoms with E-state index in [1.807, 2.05) is 18.3 Å². The van der Waals surface area contributed by atoms with Gasteiger partial charge in [-0.1, -0.05) is 12.1 Å². The summed E-state index contributed by atoms with van der Waals surface area (Å²) in [6.07, 6.45) is 6.35. The largest absolute Gasteiger partial charge is 0.504 e. The third-order valence-corrected chi connectivity index (χ3v) is 6.23. The number of ether oxygens (including phenoxy) is 2. The number of rotatable bonds is 4. The van der Waals surface area contributed by atoms with Crippen LogP contribution in [0.15, 0.2) is 30.6 Å². The van der Waals surface area contributed by atoms with Crippen LogP contribution in [-0.2, 0) is 16.8 Å². The Morgan fingerprint density at radius 1 is 1.29 bits per heavy atom. The van der Waals surface area contributed by atoms with Crippen LogP contribution in [0.3, 0.4) is 0 Å². The van der Waals surface area contributed by atoms with Gasteiger partial charge < -0.3 is 14.6 Å². The second kappa shape index (κ2) is 7.08. The molecule has 28 heavy (non-hydrogen) atoms. The molecule has 2 aliphatic heterocycles. The number of methoxy groups -OCH3 is 1. The van der Waals surface area contributed by atoms with Gasteiger partial charge in [-0.2, -0.15) is 5.10 Å². The fourth-order valence-electron chi connectivity index (χ4n) is 4.70. The topological polar surface area (TPSA) is 59.8 Å². The van der Waals surface area contributed by atoms with Gasteiger partial charge in [-0.3, -0.25) is 9.58 Å². The lowest BCUT2D eigenvalue weighted by Crippen LogP contribution is -2.59. The lowest BCUT2D eigenvalue weighted by molar-refractivity contribution is -0.139. The van der Waals surface area contributed by atoms with E-state index in [2.05, 4.69) is 41.6 Å². The molecule has 6 nitrogen and oxygen atoms in total. The normalized spacial score (nSPS) is 22.2. The Kier molecular flexibility index (Phi) is 4.88. The molecule has 2 aliphatic rings. The van der Waals surface area contributed by atoms with E-state index in [1.165, 1.54) is 5.56 Å². The second-order valence-corrected chi connectivity index (χ2v) is 9.14. The van der Waals surface area contributed by atoms with Crippen molar-refractivity contribution in [1.82, 2.24) is 14.7 Å². The summed E-state index contributed by atoms with van der Waals surface area (Å²) in [5.74, 6) is 0.762. The number of para-hydroxylation sites is 1. The molecule has 1 unspecified atom stereocenters. The SMILES string of the molecule is COc1cccc(CN2CC3(CCOCC3)C2c2cnn(C(C)(C)C)c2)c1O. The average molecular weight is 386 g/mol. The van der Waals surface area contributed by atoms with Gasteiger partial charge in [0, 0.05) is 55.1 Å². The highest BCUT2D eigenvalue weighted by atomic mass is 16.5. The molecule has 1 spiro atoms. The Labute approximate surface area is 167 Å². The molecule has 1 aromatic carbocycles. The van der Waals surface area contributed by atoms with Crippen LogP contribution in [0.25, 0.3) is 0 Å². The van der Waals surface area contributed by atoms with Gasteiger partial charge in [0.2, 0.25) is 0 Å². The van der Waals surface area contributed by atoms with E-state index in [0.717, 1.165) is 38.2 Å². The number of nitrogens with zero attached hydrogens (tertiary/aromatic N) is 3. The van der Waals surface area contributed by atoms with Crippen molar-refractivity contribution in [2.75, 3.05) is 26.9 Å². The van der Waals surface area contributed by atoms with Crippen molar-refractivity contribution in [2.45, 2.75) is 51.7 Å². The summed E-state index contributed by atoms with van der Waals surface area (Å²) < 4.78 is 13.0. The molecule has 2 saturated heterocycles. The minimum absolute atomic E-state index is 0.0409. The van der Waals surface area contributed by atoms with Gasteiger partial charge in [0.15, 0.2) is 11.5 Å². The van der Waals surface area contributed by atoms with Crippen LogP contribution in [-0.4, -0.2) is 46.7 Å². The van der Waals surface area contributed by atoms with E-state index < -0.39 is 0 Å². The molecule has 2 fully saturated rings. The smallest absolute Gasteiger partial charge is 0.162 e. The van der Waals surface area contributed by atoms with Crippen LogP contribution in [0.4, 0.5) is 0 Å². The molecular weight excluding hydrogens is 354 g/mol. The summed E-state index contributed by atoms with van der Waals surface area (Å²) >= 11 is 0. The number of likely N-dealkylation sites (tertiary alicyclic amines) is 1. The van der Waals surface area contributed by atoms with Gasteiger partial charge in [0.25, 0.3) is 0 Å². The van der Waals surface area contributed by atoms with Crippen molar-refractivity contribution in [3.05, 3.63) is 41.7 Å². The predicted molar refractivity (Wildman–Crippen MR) is 108 cm³/mol. The molecule has 0 amide bonds. The standard InChI is InChI=1S/C22H31N3O3/c1-21(2,3)25-14-17(12-23-25)20-22(8-10-28-11-9-22)15-24(20)13-16-6-5-7-18(27-4)19(16)26/h5-7,12,14,20,26H,8-11,13,15H2,1-4H3. The van der Waals surface area contributed by atoms with E-state index >= 15 is 0 Å². The van der Waals surface area contributed by atoms with Crippen LogP contribution < -0.4 is 4.74 Å². The average Bonchev–Trinajstić information content (AvgIpc) is 3.13. The van der Waals surface area contributed by atoms with Gasteiger partial charge in [-0.25, -0.2) is 0 Å². The highest BCUT2D eigenvalue weighted by Gasteiger charge is 2.53. The van der Waals surface area contributed by atoms with Gasteiger partial charge in [-0.05, 0) is 39.7 Å². The first kappa shape index (κ1) is 19.3. The number of phenolic OH excluding ortho intramolecular Hbond substituents is 1. The summed E-state index contributed by atoms with van der Waals surface area (Å²) in [6, 6.07) is 5.99. The minimum Gasteiger partial charge on any atom is -0.504 e. The van der Waals surface area contributed by atoms with Crippen molar-refractivity contribution in [1.29, 1.82) is 0 Å². The Bertz CT molecular complexity index is 834. The number of hydrogen-bond acceptors (Lipinski definition) is 5. The fraction of sp³-hybridized carbons (Fsp3) is 0.591. The number of phenols is 1. The van der Waals surface area contributed by atoms with Crippen LogP contribution in [0.5, 0.6) is 11.5 Å². The van der Waals surface area contributed by atoms with Crippen molar-refractivity contribution >= 4 is 0 Å². The quantitative estimate of drug-likeness (QED) is 0.869. The van der Waals surface area contributed by atoms with E-state index in [4.69, 9.17) is 9.47 Å².